The van der Waals surface area contributed by atoms with Gasteiger partial charge in [0.1, 0.15) is 6.54 Å². The molecule has 1 heterocycles. The zero-order chi connectivity index (χ0) is 18.1. The number of piperidine rings is 1. The Hall–Kier alpha value is -2.04. The van der Waals surface area contributed by atoms with Gasteiger partial charge in [-0.3, -0.25) is 4.79 Å². The number of guanidine groups is 1. The van der Waals surface area contributed by atoms with E-state index in [2.05, 4.69) is 53.7 Å². The Morgan fingerprint density at radius 1 is 1.24 bits per heavy atom. The monoisotopic (exact) mass is 344 g/mol. The maximum absolute atomic E-state index is 12.3. The van der Waals surface area contributed by atoms with E-state index < -0.39 is 0 Å². The Labute approximate surface area is 151 Å². The number of carbonyl (C=O) groups is 1. The van der Waals surface area contributed by atoms with E-state index in [9.17, 15) is 4.79 Å². The summed E-state index contributed by atoms with van der Waals surface area (Å²) < 4.78 is 0. The lowest BCUT2D eigenvalue weighted by Gasteiger charge is -2.26. The van der Waals surface area contributed by atoms with Gasteiger partial charge in [-0.2, -0.15) is 0 Å². The summed E-state index contributed by atoms with van der Waals surface area (Å²) in [4.78, 5) is 18.7. The minimum absolute atomic E-state index is 0.128. The first-order chi connectivity index (χ1) is 12.1. The fraction of sp³-hybridized carbons (Fsp3) is 0.600. The van der Waals surface area contributed by atoms with E-state index in [1.807, 2.05) is 11.8 Å². The molecule has 1 aliphatic heterocycles. The Kier molecular flexibility index (Phi) is 7.76. The third-order valence-corrected chi connectivity index (χ3v) is 4.61. The van der Waals surface area contributed by atoms with Crippen molar-refractivity contribution < 1.29 is 4.79 Å². The number of rotatable bonds is 6. The van der Waals surface area contributed by atoms with Crippen LogP contribution in [0, 0.1) is 6.92 Å². The molecule has 138 valence electrons. The number of likely N-dealkylation sites (tertiary alicyclic amines) is 1. The van der Waals surface area contributed by atoms with Gasteiger partial charge < -0.3 is 15.5 Å². The zero-order valence-corrected chi connectivity index (χ0v) is 15.8. The minimum Gasteiger partial charge on any atom is -0.357 e. The predicted octanol–water partition coefficient (Wildman–Crippen LogP) is 2.67. The summed E-state index contributed by atoms with van der Waals surface area (Å²) in [6.45, 7) is 9.88. The highest BCUT2D eigenvalue weighted by atomic mass is 16.2. The number of benzene rings is 1. The number of hydrogen-bond acceptors (Lipinski definition) is 2. The van der Waals surface area contributed by atoms with Gasteiger partial charge in [-0.05, 0) is 44.6 Å². The van der Waals surface area contributed by atoms with Gasteiger partial charge in [0, 0.05) is 26.2 Å². The molecule has 2 N–H and O–H groups in total. The lowest BCUT2D eigenvalue weighted by molar-refractivity contribution is -0.130. The molecule has 0 bridgehead atoms. The molecule has 1 aliphatic rings. The molecule has 1 atom stereocenters. The summed E-state index contributed by atoms with van der Waals surface area (Å²) in [7, 11) is 0. The average Bonchev–Trinajstić information content (AvgIpc) is 2.64. The summed E-state index contributed by atoms with van der Waals surface area (Å²) in [6.07, 6.45) is 3.46. The van der Waals surface area contributed by atoms with Crippen LogP contribution in [0.4, 0.5) is 0 Å². The van der Waals surface area contributed by atoms with Crippen LogP contribution < -0.4 is 10.6 Å². The van der Waals surface area contributed by atoms with Gasteiger partial charge in [-0.25, -0.2) is 4.99 Å². The minimum atomic E-state index is 0.128. The molecule has 5 nitrogen and oxygen atoms in total. The second kappa shape index (κ2) is 10.1. The van der Waals surface area contributed by atoms with E-state index in [0.29, 0.717) is 11.9 Å². The number of nitrogens with one attached hydrogen (secondary N) is 2. The quantitative estimate of drug-likeness (QED) is 0.616. The second-order valence-corrected chi connectivity index (χ2v) is 6.83. The molecule has 25 heavy (non-hydrogen) atoms. The molecule has 1 amide bonds. The first-order valence-corrected chi connectivity index (χ1v) is 9.46. The third kappa shape index (κ3) is 6.40. The Morgan fingerprint density at radius 2 is 2.00 bits per heavy atom. The van der Waals surface area contributed by atoms with Crippen LogP contribution >= 0.6 is 0 Å². The summed E-state index contributed by atoms with van der Waals surface area (Å²) >= 11 is 0. The van der Waals surface area contributed by atoms with Crippen molar-refractivity contribution in [3.63, 3.8) is 0 Å². The van der Waals surface area contributed by atoms with Crippen LogP contribution in [0.25, 0.3) is 0 Å². The molecule has 1 fully saturated rings. The van der Waals surface area contributed by atoms with E-state index >= 15 is 0 Å². The molecule has 0 radical (unpaired) electrons. The molecule has 1 unspecified atom stereocenters. The third-order valence-electron chi connectivity index (χ3n) is 4.61. The normalized spacial score (nSPS) is 16.4. The molecule has 0 saturated carbocycles. The van der Waals surface area contributed by atoms with Gasteiger partial charge in [0.2, 0.25) is 5.91 Å². The largest absolute Gasteiger partial charge is 0.357 e. The standard InChI is InChI=1S/C20H32N4O/c1-4-21-20(23-15-19(25)24-11-6-5-7-12-24)22-14-17(3)18-10-8-9-16(2)13-18/h8-10,13,17H,4-7,11-12,14-15H2,1-3H3,(H2,21,22,23). The number of hydrogen-bond donors (Lipinski definition) is 2. The van der Waals surface area contributed by atoms with Crippen LogP contribution in [-0.2, 0) is 4.79 Å². The summed E-state index contributed by atoms with van der Waals surface area (Å²) in [5, 5.41) is 6.59. The highest BCUT2D eigenvalue weighted by molar-refractivity contribution is 5.85. The molecule has 5 heteroatoms. The Balaban J connectivity index is 1.87. The molecule has 1 aromatic rings. The van der Waals surface area contributed by atoms with Crippen molar-refractivity contribution in [1.29, 1.82) is 0 Å². The number of aryl methyl sites for hydroxylation is 1. The molecular weight excluding hydrogens is 312 g/mol. The van der Waals surface area contributed by atoms with Crippen molar-refractivity contribution in [2.75, 3.05) is 32.7 Å². The number of nitrogens with zero attached hydrogens (tertiary/aromatic N) is 2. The van der Waals surface area contributed by atoms with Gasteiger partial charge in [0.05, 0.1) is 0 Å². The SMILES string of the molecule is CCNC(=NCC(=O)N1CCCCC1)NCC(C)c1cccc(C)c1. The highest BCUT2D eigenvalue weighted by Gasteiger charge is 2.16. The Morgan fingerprint density at radius 3 is 2.68 bits per heavy atom. The number of aliphatic imine (C=N–C) groups is 1. The topological polar surface area (TPSA) is 56.7 Å². The van der Waals surface area contributed by atoms with Gasteiger partial charge in [0.25, 0.3) is 0 Å². The first-order valence-electron chi connectivity index (χ1n) is 9.46. The first kappa shape index (κ1) is 19.3. The molecule has 2 rings (SSSR count). The molecule has 0 aromatic heterocycles. The van der Waals surface area contributed by atoms with E-state index in [4.69, 9.17) is 0 Å². The van der Waals surface area contributed by atoms with Crippen molar-refractivity contribution in [1.82, 2.24) is 15.5 Å². The van der Waals surface area contributed by atoms with E-state index in [0.717, 1.165) is 39.0 Å². The van der Waals surface area contributed by atoms with Crippen molar-refractivity contribution in [3.05, 3.63) is 35.4 Å². The smallest absolute Gasteiger partial charge is 0.244 e. The Bertz CT molecular complexity index is 579. The molecule has 1 aromatic carbocycles. The van der Waals surface area contributed by atoms with Crippen molar-refractivity contribution >= 4 is 11.9 Å². The summed E-state index contributed by atoms with van der Waals surface area (Å²) in [6, 6.07) is 8.58. The van der Waals surface area contributed by atoms with Gasteiger partial charge >= 0.3 is 0 Å². The highest BCUT2D eigenvalue weighted by Crippen LogP contribution is 2.15. The molecular formula is C20H32N4O. The van der Waals surface area contributed by atoms with Crippen LogP contribution in [0.2, 0.25) is 0 Å². The number of amides is 1. The lowest BCUT2D eigenvalue weighted by atomic mass is 9.99. The van der Waals surface area contributed by atoms with Gasteiger partial charge in [-0.1, -0.05) is 36.8 Å². The fourth-order valence-corrected chi connectivity index (χ4v) is 3.08. The van der Waals surface area contributed by atoms with E-state index in [-0.39, 0.29) is 12.5 Å². The van der Waals surface area contributed by atoms with Crippen molar-refractivity contribution in [2.24, 2.45) is 4.99 Å². The van der Waals surface area contributed by atoms with Crippen molar-refractivity contribution in [2.45, 2.75) is 46.0 Å². The predicted molar refractivity (Wildman–Crippen MR) is 104 cm³/mol. The van der Waals surface area contributed by atoms with Crippen LogP contribution in [0.3, 0.4) is 0 Å². The van der Waals surface area contributed by atoms with E-state index in [1.165, 1.54) is 17.5 Å². The number of carbonyl (C=O) groups excluding carboxylic acids is 1. The maximum Gasteiger partial charge on any atom is 0.244 e. The second-order valence-electron chi connectivity index (χ2n) is 6.83. The average molecular weight is 345 g/mol. The zero-order valence-electron chi connectivity index (χ0n) is 15.8. The van der Waals surface area contributed by atoms with Crippen LogP contribution in [0.5, 0.6) is 0 Å². The molecule has 0 spiro atoms. The summed E-state index contributed by atoms with van der Waals surface area (Å²) in [5.74, 6) is 1.22. The maximum atomic E-state index is 12.3. The van der Waals surface area contributed by atoms with E-state index in [1.54, 1.807) is 0 Å². The van der Waals surface area contributed by atoms with Gasteiger partial charge in [-0.15, -0.1) is 0 Å². The van der Waals surface area contributed by atoms with Crippen LogP contribution in [0.1, 0.15) is 50.2 Å². The van der Waals surface area contributed by atoms with Crippen LogP contribution in [-0.4, -0.2) is 49.5 Å². The molecule has 1 saturated heterocycles. The van der Waals surface area contributed by atoms with Gasteiger partial charge in [0.15, 0.2) is 5.96 Å². The lowest BCUT2D eigenvalue weighted by Crippen LogP contribution is -2.41. The van der Waals surface area contributed by atoms with Crippen LogP contribution in [0.15, 0.2) is 29.3 Å². The molecule has 0 aliphatic carbocycles. The fourth-order valence-electron chi connectivity index (χ4n) is 3.08. The van der Waals surface area contributed by atoms with Crippen molar-refractivity contribution in [3.8, 4) is 0 Å². The summed E-state index contributed by atoms with van der Waals surface area (Å²) in [5.41, 5.74) is 2.59.